The van der Waals surface area contributed by atoms with Gasteiger partial charge in [-0.15, -0.1) is 0 Å². The van der Waals surface area contributed by atoms with E-state index in [1.54, 1.807) is 22.5 Å². The highest BCUT2D eigenvalue weighted by Crippen LogP contribution is 2.33. The number of imidazole rings is 1. The summed E-state index contributed by atoms with van der Waals surface area (Å²) in [7, 11) is 1.69. The Kier molecular flexibility index (Phi) is 13.0. The van der Waals surface area contributed by atoms with Crippen LogP contribution < -0.4 is 32.7 Å². The van der Waals surface area contributed by atoms with Crippen molar-refractivity contribution in [1.29, 1.82) is 0 Å². The average Bonchev–Trinajstić information content (AvgIpc) is 3.96. The molecule has 0 spiro atoms. The molecule has 2 fully saturated rings. The molecule has 5 aromatic rings. The fourth-order valence-electron chi connectivity index (χ4n) is 7.88. The summed E-state index contributed by atoms with van der Waals surface area (Å²) in [4.78, 5) is 70.8. The molecule has 4 aromatic heterocycles. The van der Waals surface area contributed by atoms with Crippen LogP contribution in [-0.4, -0.2) is 91.5 Å². The maximum Gasteiger partial charge on any atom is 0.405 e. The number of para-hydroxylation sites is 1. The van der Waals surface area contributed by atoms with E-state index < -0.39 is 36.5 Å². The number of aromatic nitrogens is 6. The highest BCUT2D eigenvalue weighted by molar-refractivity contribution is 6.07. The van der Waals surface area contributed by atoms with Crippen LogP contribution in [0.2, 0.25) is 0 Å². The number of ether oxygens (including phenoxy) is 1. The Labute approximate surface area is 346 Å². The number of imide groups is 1. The van der Waals surface area contributed by atoms with Crippen LogP contribution in [-0.2, 0) is 27.8 Å². The number of alkyl halides is 3. The third-order valence-corrected chi connectivity index (χ3v) is 10.9. The fourth-order valence-corrected chi connectivity index (χ4v) is 7.88. The zero-order chi connectivity index (χ0) is 43.3. The van der Waals surface area contributed by atoms with Gasteiger partial charge in [-0.2, -0.15) is 18.3 Å². The lowest BCUT2D eigenvalue weighted by atomic mass is 9.86. The number of hydrogen-bond acceptors (Lipinski definition) is 12. The van der Waals surface area contributed by atoms with E-state index in [1.807, 2.05) is 18.2 Å². The van der Waals surface area contributed by atoms with Gasteiger partial charge in [0.15, 0.2) is 11.4 Å². The number of carbonyl (C=O) groups is 4. The lowest BCUT2D eigenvalue weighted by Gasteiger charge is -2.28. The number of nitrogens with one attached hydrogen (secondary N) is 4. The Morgan fingerprint density at radius 1 is 1.08 bits per heavy atom. The summed E-state index contributed by atoms with van der Waals surface area (Å²) in [6.07, 6.45) is 4.80. The molecule has 5 heterocycles. The minimum absolute atomic E-state index is 0.0157. The molecule has 21 heteroatoms. The van der Waals surface area contributed by atoms with Crippen LogP contribution >= 0.6 is 0 Å². The maximum atomic E-state index is 13.2. The Bertz CT molecular complexity index is 2460. The third-order valence-electron chi connectivity index (χ3n) is 10.9. The second kappa shape index (κ2) is 18.5. The number of carbonyl (C=O) groups excluding carboxylic acids is 4. The number of nitrogens with zero attached hydrogens (tertiary/aromatic N) is 6. The fraction of sp³-hybridized carbons (Fsp3) is 0.450. The predicted molar refractivity (Wildman–Crippen MR) is 215 cm³/mol. The number of anilines is 2. The van der Waals surface area contributed by atoms with Crippen LogP contribution in [0.4, 0.5) is 24.7 Å². The standard InChI is InChI=1S/C40H46F3N11O7/c1-52-34-24(4-2-6-29(34)54(39(52)59)30-11-12-32(55)50-37(30)58)5-3-16-60-17-15-45-19-23-7-9-26(10-8-23)53-20-27(33(51-53)35(44)56)48-36(57)28-21-61-38(49-28)25-13-14-46-31(18-25)47-22-40(41,42)43/h2,4,6,13-14,18,20-21,23,26,30,45H,3,5,7-12,15-17,19,22H2,1H3,(H2,44,56)(H,46,47)(H,48,57)(H,50,55,58). The molecule has 7 rings (SSSR count). The molecular formula is C40H46F3N11O7. The van der Waals surface area contributed by atoms with Gasteiger partial charge in [-0.25, -0.2) is 14.8 Å². The second-order valence-corrected chi connectivity index (χ2v) is 15.2. The molecule has 1 aliphatic carbocycles. The van der Waals surface area contributed by atoms with Crippen LogP contribution in [0.15, 0.2) is 58.2 Å². The van der Waals surface area contributed by atoms with Crippen molar-refractivity contribution in [2.75, 3.05) is 43.5 Å². The normalized spacial score (nSPS) is 18.3. The number of primary amides is 1. The SMILES string of the molecule is Cn1c(=O)n(C2CCC(=O)NC2=O)c2cccc(CCCOCCNCC3CCC(n4cc(NC(=O)c5coc(-c6ccnc(NCC(F)(F)F)c6)n5)c(C(N)=O)n4)CC3)c21. The number of amides is 4. The number of oxazole rings is 1. The van der Waals surface area contributed by atoms with E-state index in [0.29, 0.717) is 43.2 Å². The van der Waals surface area contributed by atoms with Crippen LogP contribution in [0.5, 0.6) is 0 Å². The van der Waals surface area contributed by atoms with Gasteiger partial charge in [-0.05, 0) is 81.2 Å². The van der Waals surface area contributed by atoms with Gasteiger partial charge >= 0.3 is 11.9 Å². The first kappa shape index (κ1) is 42.8. The molecule has 1 aliphatic heterocycles. The number of rotatable bonds is 17. The zero-order valence-electron chi connectivity index (χ0n) is 33.3. The summed E-state index contributed by atoms with van der Waals surface area (Å²) < 4.78 is 53.9. The van der Waals surface area contributed by atoms with E-state index in [9.17, 15) is 37.1 Å². The van der Waals surface area contributed by atoms with E-state index in [0.717, 1.165) is 56.0 Å². The van der Waals surface area contributed by atoms with Crippen LogP contribution in [0.25, 0.3) is 22.5 Å². The zero-order valence-corrected chi connectivity index (χ0v) is 33.3. The minimum Gasteiger partial charge on any atom is -0.444 e. The molecule has 1 aromatic carbocycles. The summed E-state index contributed by atoms with van der Waals surface area (Å²) in [5.41, 5.74) is 7.88. The number of pyridine rings is 1. The molecule has 18 nitrogen and oxygen atoms in total. The van der Waals surface area contributed by atoms with Crippen LogP contribution in [0.3, 0.4) is 0 Å². The molecule has 324 valence electrons. The predicted octanol–water partition coefficient (Wildman–Crippen LogP) is 3.86. The number of benzene rings is 1. The largest absolute Gasteiger partial charge is 0.444 e. The average molecular weight is 850 g/mol. The van der Waals surface area contributed by atoms with Gasteiger partial charge in [0, 0.05) is 44.6 Å². The van der Waals surface area contributed by atoms with Crippen LogP contribution in [0.1, 0.15) is 83.6 Å². The van der Waals surface area contributed by atoms with Gasteiger partial charge in [-0.1, -0.05) is 12.1 Å². The highest BCUT2D eigenvalue weighted by atomic mass is 19.4. The lowest BCUT2D eigenvalue weighted by Crippen LogP contribution is -2.44. The quantitative estimate of drug-likeness (QED) is 0.0663. The summed E-state index contributed by atoms with van der Waals surface area (Å²) in [5.74, 6) is -1.96. The molecule has 6 N–H and O–H groups in total. The molecule has 0 radical (unpaired) electrons. The van der Waals surface area contributed by atoms with Crippen molar-refractivity contribution in [3.8, 4) is 11.5 Å². The molecule has 0 bridgehead atoms. The van der Waals surface area contributed by atoms with Crippen molar-refractivity contribution >= 4 is 46.2 Å². The summed E-state index contributed by atoms with van der Waals surface area (Å²) in [6, 6.07) is 7.70. The Morgan fingerprint density at radius 3 is 2.64 bits per heavy atom. The molecule has 1 saturated heterocycles. The summed E-state index contributed by atoms with van der Waals surface area (Å²) in [6.45, 7) is 1.28. The summed E-state index contributed by atoms with van der Waals surface area (Å²) in [5, 5.41) is 15.0. The first-order valence-electron chi connectivity index (χ1n) is 20.0. The van der Waals surface area contributed by atoms with Crippen molar-refractivity contribution in [2.45, 2.75) is 69.6 Å². The molecule has 4 amide bonds. The van der Waals surface area contributed by atoms with Gasteiger partial charge in [0.05, 0.1) is 29.4 Å². The number of halogens is 3. The molecule has 1 saturated carbocycles. The Balaban J connectivity index is 0.831. The van der Waals surface area contributed by atoms with E-state index in [-0.39, 0.29) is 59.3 Å². The molecule has 61 heavy (non-hydrogen) atoms. The summed E-state index contributed by atoms with van der Waals surface area (Å²) >= 11 is 0. The second-order valence-electron chi connectivity index (χ2n) is 15.2. The first-order chi connectivity index (χ1) is 29.3. The van der Waals surface area contributed by atoms with Gasteiger partial charge in [0.1, 0.15) is 24.7 Å². The smallest absolute Gasteiger partial charge is 0.405 e. The van der Waals surface area contributed by atoms with Crippen molar-refractivity contribution < 1.29 is 41.5 Å². The van der Waals surface area contributed by atoms with Gasteiger partial charge in [0.2, 0.25) is 17.7 Å². The molecule has 2 aliphatic rings. The van der Waals surface area contributed by atoms with E-state index in [1.165, 1.54) is 22.9 Å². The molecular weight excluding hydrogens is 804 g/mol. The molecule has 1 unspecified atom stereocenters. The van der Waals surface area contributed by atoms with E-state index in [4.69, 9.17) is 14.9 Å². The highest BCUT2D eigenvalue weighted by Gasteiger charge is 2.32. The van der Waals surface area contributed by atoms with Crippen molar-refractivity contribution in [3.63, 3.8) is 0 Å². The maximum absolute atomic E-state index is 13.2. The van der Waals surface area contributed by atoms with Crippen molar-refractivity contribution in [3.05, 3.63) is 76.4 Å². The number of piperidine rings is 1. The molecule has 1 atom stereocenters. The number of hydrogen-bond donors (Lipinski definition) is 5. The first-order valence-corrected chi connectivity index (χ1v) is 20.0. The topological polar surface area (TPSA) is 235 Å². The number of nitrogens with two attached hydrogens (primary N) is 1. The van der Waals surface area contributed by atoms with Gasteiger partial charge in [0.25, 0.3) is 11.8 Å². The number of aryl methyl sites for hydroxylation is 2. The minimum atomic E-state index is -4.44. The Morgan fingerprint density at radius 2 is 1.89 bits per heavy atom. The number of fused-ring (bicyclic) bond motifs is 1. The van der Waals surface area contributed by atoms with E-state index >= 15 is 0 Å². The van der Waals surface area contributed by atoms with Crippen LogP contribution in [0, 0.1) is 5.92 Å². The van der Waals surface area contributed by atoms with Gasteiger partial charge in [-0.3, -0.25) is 38.3 Å². The van der Waals surface area contributed by atoms with Crippen molar-refractivity contribution in [2.24, 2.45) is 18.7 Å². The lowest BCUT2D eigenvalue weighted by molar-refractivity contribution is -0.135. The van der Waals surface area contributed by atoms with Crippen molar-refractivity contribution in [1.82, 2.24) is 39.5 Å². The Hall–Kier alpha value is -6.35. The monoisotopic (exact) mass is 849 g/mol. The third kappa shape index (κ3) is 10.2. The van der Waals surface area contributed by atoms with E-state index in [2.05, 4.69) is 36.3 Å². The van der Waals surface area contributed by atoms with Gasteiger partial charge < -0.3 is 30.8 Å².